The second-order valence-corrected chi connectivity index (χ2v) is 13.9. The fourth-order valence-corrected chi connectivity index (χ4v) is 8.04. The van der Waals surface area contributed by atoms with Gasteiger partial charge in [-0.25, -0.2) is 9.67 Å². The SMILES string of the molecule is CCCc1nc2c(C)cccc2n1Cc1ccc2c(c1)OCc1ccccc1C2=Cc1nnnn1C(c1ccccc1)(c1ccccc1)c1ccccc1. The number of imidazole rings is 1. The van der Waals surface area contributed by atoms with Gasteiger partial charge in [0.05, 0.1) is 11.0 Å². The van der Waals surface area contributed by atoms with Crippen LogP contribution < -0.4 is 4.74 Å². The zero-order chi connectivity index (χ0) is 36.5. The molecule has 0 aliphatic carbocycles. The van der Waals surface area contributed by atoms with Gasteiger partial charge in [0.1, 0.15) is 23.7 Å². The third kappa shape index (κ3) is 5.69. The van der Waals surface area contributed by atoms with Crippen LogP contribution in [0.3, 0.4) is 0 Å². The molecule has 54 heavy (non-hydrogen) atoms. The van der Waals surface area contributed by atoms with Crippen molar-refractivity contribution in [3.05, 3.63) is 208 Å². The molecule has 0 fully saturated rings. The van der Waals surface area contributed by atoms with Gasteiger partial charge in [0.2, 0.25) is 0 Å². The minimum atomic E-state index is -0.866. The maximum Gasteiger partial charge on any atom is 0.177 e. The summed E-state index contributed by atoms with van der Waals surface area (Å²) in [5.74, 6) is 2.56. The van der Waals surface area contributed by atoms with Gasteiger partial charge in [-0.3, -0.25) is 0 Å². The number of aryl methyl sites for hydroxylation is 2. The summed E-state index contributed by atoms with van der Waals surface area (Å²) in [5, 5.41) is 13.9. The lowest BCUT2D eigenvalue weighted by molar-refractivity contribution is 0.307. The van der Waals surface area contributed by atoms with E-state index in [0.717, 1.165) is 80.0 Å². The van der Waals surface area contributed by atoms with Gasteiger partial charge < -0.3 is 9.30 Å². The first kappa shape index (κ1) is 33.3. The maximum atomic E-state index is 6.65. The number of hydrogen-bond donors (Lipinski definition) is 0. The largest absolute Gasteiger partial charge is 0.488 e. The minimum Gasteiger partial charge on any atom is -0.488 e. The number of tetrazole rings is 1. The Hall–Kier alpha value is -6.60. The Bertz CT molecular complexity index is 2510. The molecule has 0 unspecified atom stereocenters. The van der Waals surface area contributed by atoms with E-state index in [2.05, 4.69) is 163 Å². The molecule has 0 radical (unpaired) electrons. The molecule has 7 nitrogen and oxygen atoms in total. The monoisotopic (exact) mass is 704 g/mol. The Morgan fingerprint density at radius 1 is 0.722 bits per heavy atom. The first-order chi connectivity index (χ1) is 26.6. The Morgan fingerprint density at radius 3 is 2.07 bits per heavy atom. The van der Waals surface area contributed by atoms with Crippen molar-refractivity contribution in [3.63, 3.8) is 0 Å². The maximum absolute atomic E-state index is 6.65. The minimum absolute atomic E-state index is 0.450. The number of nitrogens with zero attached hydrogens (tertiary/aromatic N) is 6. The number of fused-ring (bicyclic) bond motifs is 3. The van der Waals surface area contributed by atoms with Crippen molar-refractivity contribution in [1.82, 2.24) is 29.8 Å². The molecule has 1 aliphatic rings. The van der Waals surface area contributed by atoms with E-state index in [1.807, 2.05) is 22.9 Å². The predicted molar refractivity (Wildman–Crippen MR) is 214 cm³/mol. The second-order valence-electron chi connectivity index (χ2n) is 13.9. The van der Waals surface area contributed by atoms with Crippen LogP contribution in [-0.2, 0) is 25.1 Å². The highest BCUT2D eigenvalue weighted by atomic mass is 16.5. The molecule has 0 bridgehead atoms. The van der Waals surface area contributed by atoms with Crippen LogP contribution in [0.5, 0.6) is 5.75 Å². The van der Waals surface area contributed by atoms with Crippen LogP contribution >= 0.6 is 0 Å². The fourth-order valence-electron chi connectivity index (χ4n) is 8.04. The summed E-state index contributed by atoms with van der Waals surface area (Å²) in [6.07, 6.45) is 4.08. The van der Waals surface area contributed by atoms with Crippen molar-refractivity contribution in [2.24, 2.45) is 0 Å². The topological polar surface area (TPSA) is 70.7 Å². The molecule has 3 heterocycles. The van der Waals surface area contributed by atoms with Crippen LogP contribution in [0.25, 0.3) is 22.7 Å². The molecular weight excluding hydrogens is 665 g/mol. The molecule has 0 spiro atoms. The van der Waals surface area contributed by atoms with E-state index in [1.54, 1.807) is 0 Å². The Labute approximate surface area is 315 Å². The molecule has 8 aromatic rings. The molecule has 0 saturated heterocycles. The number of para-hydroxylation sites is 1. The quantitative estimate of drug-likeness (QED) is 0.140. The lowest BCUT2D eigenvalue weighted by Crippen LogP contribution is -2.39. The second kappa shape index (κ2) is 14.1. The predicted octanol–water partition coefficient (Wildman–Crippen LogP) is 9.65. The number of hydrogen-bond acceptors (Lipinski definition) is 5. The highest BCUT2D eigenvalue weighted by Gasteiger charge is 2.41. The van der Waals surface area contributed by atoms with Crippen molar-refractivity contribution >= 4 is 22.7 Å². The fraction of sp³-hybridized carbons (Fsp3) is 0.149. The van der Waals surface area contributed by atoms with Crippen molar-refractivity contribution in [3.8, 4) is 5.75 Å². The van der Waals surface area contributed by atoms with Crippen LogP contribution in [0.15, 0.2) is 152 Å². The van der Waals surface area contributed by atoms with Crippen molar-refractivity contribution in [2.45, 2.75) is 45.4 Å². The number of benzene rings is 6. The lowest BCUT2D eigenvalue weighted by Gasteiger charge is -2.36. The molecule has 6 aromatic carbocycles. The van der Waals surface area contributed by atoms with E-state index in [4.69, 9.17) is 20.0 Å². The number of aromatic nitrogens is 6. The third-order valence-electron chi connectivity index (χ3n) is 10.6. The molecular formula is C47H40N6O. The van der Waals surface area contributed by atoms with Gasteiger partial charge in [-0.05, 0) is 86.5 Å². The van der Waals surface area contributed by atoms with Crippen molar-refractivity contribution in [1.29, 1.82) is 0 Å². The average molecular weight is 705 g/mol. The molecule has 0 amide bonds. The van der Waals surface area contributed by atoms with Crippen molar-refractivity contribution < 1.29 is 4.74 Å². The van der Waals surface area contributed by atoms with E-state index >= 15 is 0 Å². The van der Waals surface area contributed by atoms with Gasteiger partial charge in [0.25, 0.3) is 0 Å². The van der Waals surface area contributed by atoms with Gasteiger partial charge in [-0.1, -0.05) is 146 Å². The zero-order valence-electron chi connectivity index (χ0n) is 30.4. The summed E-state index contributed by atoms with van der Waals surface area (Å²) in [7, 11) is 0. The average Bonchev–Trinajstić information content (AvgIpc) is 3.79. The normalized spacial score (nSPS) is 13.3. The Morgan fingerprint density at radius 2 is 1.39 bits per heavy atom. The molecule has 9 rings (SSSR count). The van der Waals surface area contributed by atoms with Crippen LogP contribution in [0.2, 0.25) is 0 Å². The standard InChI is InChI=1S/C47H40N6O/c1-3-16-44-48-46-33(2)17-15-26-42(46)52(44)31-34-27-28-40-41(39-25-14-13-18-35(39)32-54-43(40)29-34)30-45-49-50-51-53(45)47(36-19-7-4-8-20-36,37-21-9-5-10-22-37)38-23-11-6-12-24-38/h4-15,17-30H,3,16,31-32H2,1-2H3. The smallest absolute Gasteiger partial charge is 0.177 e. The third-order valence-corrected chi connectivity index (χ3v) is 10.6. The van der Waals surface area contributed by atoms with Gasteiger partial charge in [0, 0.05) is 18.5 Å². The van der Waals surface area contributed by atoms with E-state index in [1.165, 1.54) is 5.56 Å². The van der Waals surface area contributed by atoms with Gasteiger partial charge in [0.15, 0.2) is 5.82 Å². The first-order valence-electron chi connectivity index (χ1n) is 18.6. The van der Waals surface area contributed by atoms with E-state index < -0.39 is 5.54 Å². The molecule has 7 heteroatoms. The molecule has 2 aromatic heterocycles. The van der Waals surface area contributed by atoms with Crippen LogP contribution in [0, 0.1) is 6.92 Å². The highest BCUT2D eigenvalue weighted by Crippen LogP contribution is 2.43. The van der Waals surface area contributed by atoms with E-state index in [-0.39, 0.29) is 0 Å². The summed E-state index contributed by atoms with van der Waals surface area (Å²) in [4.78, 5) is 5.08. The first-order valence-corrected chi connectivity index (χ1v) is 18.6. The lowest BCUT2D eigenvalue weighted by atomic mass is 9.77. The summed E-state index contributed by atoms with van der Waals surface area (Å²) in [6, 6.07) is 53.0. The van der Waals surface area contributed by atoms with E-state index in [0.29, 0.717) is 19.0 Å². The molecule has 264 valence electrons. The van der Waals surface area contributed by atoms with Gasteiger partial charge in [-0.2, -0.15) is 0 Å². The van der Waals surface area contributed by atoms with Crippen molar-refractivity contribution in [2.75, 3.05) is 0 Å². The van der Waals surface area contributed by atoms with E-state index in [9.17, 15) is 0 Å². The Balaban J connectivity index is 1.22. The number of rotatable bonds is 9. The van der Waals surface area contributed by atoms with Crippen LogP contribution in [0.1, 0.15) is 69.5 Å². The molecule has 1 aliphatic heterocycles. The summed E-state index contributed by atoms with van der Waals surface area (Å²) in [6.45, 7) is 5.49. The zero-order valence-corrected chi connectivity index (χ0v) is 30.4. The summed E-state index contributed by atoms with van der Waals surface area (Å²) in [5.41, 5.74) is 11.0. The van der Waals surface area contributed by atoms with Gasteiger partial charge >= 0.3 is 0 Å². The summed E-state index contributed by atoms with van der Waals surface area (Å²) >= 11 is 0. The van der Waals surface area contributed by atoms with Crippen LogP contribution in [-0.4, -0.2) is 29.8 Å². The molecule has 0 saturated carbocycles. The van der Waals surface area contributed by atoms with Crippen LogP contribution in [0.4, 0.5) is 0 Å². The highest BCUT2D eigenvalue weighted by molar-refractivity contribution is 5.94. The summed E-state index contributed by atoms with van der Waals surface area (Å²) < 4.78 is 11.0. The molecule has 0 N–H and O–H groups in total. The Kier molecular flexibility index (Phi) is 8.67. The number of ether oxygens (including phenoxy) is 1. The molecule has 0 atom stereocenters. The van der Waals surface area contributed by atoms with Gasteiger partial charge in [-0.15, -0.1) is 5.10 Å².